The van der Waals surface area contributed by atoms with E-state index >= 15 is 0 Å². The molecule has 0 spiro atoms. The predicted molar refractivity (Wildman–Crippen MR) is 68.4 cm³/mol. The molecule has 0 saturated carbocycles. The first-order chi connectivity index (χ1) is 7.43. The van der Waals surface area contributed by atoms with E-state index in [0.717, 1.165) is 43.2 Å². The van der Waals surface area contributed by atoms with Crippen LogP contribution in [0.3, 0.4) is 0 Å². The normalized spacial score (nSPS) is 16.1. The maximum absolute atomic E-state index is 4.58. The number of para-hydroxylation sites is 2. The highest BCUT2D eigenvalue weighted by Crippen LogP contribution is 2.16. The van der Waals surface area contributed by atoms with Gasteiger partial charge in [0, 0.05) is 26.2 Å². The highest BCUT2D eigenvalue weighted by atomic mass is 35.5. The first-order valence-electron chi connectivity index (χ1n) is 5.34. The fraction of sp³-hybridized carbons (Fsp3) is 0.364. The quantitative estimate of drug-likeness (QED) is 0.789. The number of H-pyrrole nitrogens is 1. The molecule has 1 aromatic heterocycles. The van der Waals surface area contributed by atoms with Gasteiger partial charge in [0.15, 0.2) is 0 Å². The fourth-order valence-electron chi connectivity index (χ4n) is 1.97. The molecule has 0 unspecified atom stereocenters. The number of aromatic amines is 1. The van der Waals surface area contributed by atoms with Crippen molar-refractivity contribution in [2.45, 2.75) is 0 Å². The molecule has 1 aliphatic rings. The summed E-state index contributed by atoms with van der Waals surface area (Å²) in [6.45, 7) is 4.13. The van der Waals surface area contributed by atoms with Crippen molar-refractivity contribution in [2.75, 3.05) is 31.1 Å². The molecule has 5 heteroatoms. The van der Waals surface area contributed by atoms with Gasteiger partial charge in [0.25, 0.3) is 0 Å². The van der Waals surface area contributed by atoms with Gasteiger partial charge < -0.3 is 15.2 Å². The van der Waals surface area contributed by atoms with Crippen LogP contribution in [0.25, 0.3) is 11.0 Å². The number of benzene rings is 1. The molecule has 1 saturated heterocycles. The van der Waals surface area contributed by atoms with Crippen molar-refractivity contribution < 1.29 is 0 Å². The molecular formula is C11H15ClN4. The van der Waals surface area contributed by atoms with Crippen molar-refractivity contribution >= 4 is 29.4 Å². The van der Waals surface area contributed by atoms with E-state index in [1.165, 1.54) is 0 Å². The minimum Gasteiger partial charge on any atom is -0.340 e. The third kappa shape index (κ3) is 1.99. The number of hydrogen-bond donors (Lipinski definition) is 2. The van der Waals surface area contributed by atoms with Gasteiger partial charge in [0.05, 0.1) is 11.0 Å². The SMILES string of the molecule is Cl.c1ccc2[nH]c(N3CCNCC3)nc2c1. The molecule has 0 aliphatic carbocycles. The summed E-state index contributed by atoms with van der Waals surface area (Å²) in [5.41, 5.74) is 2.16. The van der Waals surface area contributed by atoms with Crippen molar-refractivity contribution in [3.63, 3.8) is 0 Å². The summed E-state index contributed by atoms with van der Waals surface area (Å²) >= 11 is 0. The van der Waals surface area contributed by atoms with Gasteiger partial charge in [-0.2, -0.15) is 0 Å². The molecule has 2 aromatic rings. The lowest BCUT2D eigenvalue weighted by Crippen LogP contribution is -2.44. The Labute approximate surface area is 100 Å². The molecule has 4 nitrogen and oxygen atoms in total. The van der Waals surface area contributed by atoms with E-state index < -0.39 is 0 Å². The second kappa shape index (κ2) is 4.72. The van der Waals surface area contributed by atoms with E-state index in [1.807, 2.05) is 18.2 Å². The Morgan fingerprint density at radius 3 is 2.62 bits per heavy atom. The molecule has 2 heterocycles. The molecule has 1 aromatic carbocycles. The first-order valence-corrected chi connectivity index (χ1v) is 5.34. The van der Waals surface area contributed by atoms with Gasteiger partial charge in [-0.1, -0.05) is 12.1 Å². The predicted octanol–water partition coefficient (Wildman–Crippen LogP) is 1.39. The van der Waals surface area contributed by atoms with Crippen molar-refractivity contribution in [1.29, 1.82) is 0 Å². The highest BCUT2D eigenvalue weighted by Gasteiger charge is 2.13. The van der Waals surface area contributed by atoms with E-state index in [4.69, 9.17) is 0 Å². The second-order valence-electron chi connectivity index (χ2n) is 3.81. The molecule has 3 rings (SSSR count). The summed E-state index contributed by atoms with van der Waals surface area (Å²) < 4.78 is 0. The van der Waals surface area contributed by atoms with Crippen molar-refractivity contribution in [3.8, 4) is 0 Å². The molecule has 86 valence electrons. The average molecular weight is 239 g/mol. The van der Waals surface area contributed by atoms with Crippen molar-refractivity contribution in [3.05, 3.63) is 24.3 Å². The molecule has 1 fully saturated rings. The summed E-state index contributed by atoms with van der Waals surface area (Å²) in [5, 5.41) is 3.33. The maximum atomic E-state index is 4.58. The monoisotopic (exact) mass is 238 g/mol. The molecular weight excluding hydrogens is 224 g/mol. The van der Waals surface area contributed by atoms with E-state index in [1.54, 1.807) is 0 Å². The Hall–Kier alpha value is -1.26. The molecule has 2 N–H and O–H groups in total. The smallest absolute Gasteiger partial charge is 0.203 e. The number of nitrogens with one attached hydrogen (secondary N) is 2. The Morgan fingerprint density at radius 2 is 1.88 bits per heavy atom. The Morgan fingerprint density at radius 1 is 1.12 bits per heavy atom. The lowest BCUT2D eigenvalue weighted by atomic mass is 10.3. The number of piperazine rings is 1. The summed E-state index contributed by atoms with van der Waals surface area (Å²) in [5.74, 6) is 0.998. The van der Waals surface area contributed by atoms with Gasteiger partial charge in [-0.15, -0.1) is 12.4 Å². The van der Waals surface area contributed by atoms with Gasteiger partial charge in [-0.05, 0) is 12.1 Å². The molecule has 0 amide bonds. The second-order valence-corrected chi connectivity index (χ2v) is 3.81. The van der Waals surface area contributed by atoms with Crippen LogP contribution in [0, 0.1) is 0 Å². The Balaban J connectivity index is 0.000000963. The van der Waals surface area contributed by atoms with E-state index in [2.05, 4.69) is 26.3 Å². The fourth-order valence-corrected chi connectivity index (χ4v) is 1.97. The molecule has 1 aliphatic heterocycles. The summed E-state index contributed by atoms with van der Waals surface area (Å²) in [6.07, 6.45) is 0. The molecule has 0 radical (unpaired) electrons. The largest absolute Gasteiger partial charge is 0.340 e. The number of halogens is 1. The minimum atomic E-state index is 0. The Bertz CT molecular complexity index is 429. The number of rotatable bonds is 1. The lowest BCUT2D eigenvalue weighted by Gasteiger charge is -2.26. The Kier molecular flexibility index (Phi) is 3.31. The van der Waals surface area contributed by atoms with E-state index in [0.29, 0.717) is 0 Å². The van der Waals surface area contributed by atoms with Gasteiger partial charge in [-0.3, -0.25) is 0 Å². The topological polar surface area (TPSA) is 44.0 Å². The highest BCUT2D eigenvalue weighted by molar-refractivity contribution is 5.85. The first kappa shape index (κ1) is 11.2. The van der Waals surface area contributed by atoms with Gasteiger partial charge in [-0.25, -0.2) is 4.98 Å². The number of anilines is 1. The third-order valence-corrected chi connectivity index (χ3v) is 2.79. The summed E-state index contributed by atoms with van der Waals surface area (Å²) in [6, 6.07) is 8.15. The van der Waals surface area contributed by atoms with Gasteiger partial charge in [0.2, 0.25) is 5.95 Å². The van der Waals surface area contributed by atoms with Crippen LogP contribution in [0.2, 0.25) is 0 Å². The van der Waals surface area contributed by atoms with Crippen LogP contribution < -0.4 is 10.2 Å². The van der Waals surface area contributed by atoms with Crippen LogP contribution in [0.1, 0.15) is 0 Å². The maximum Gasteiger partial charge on any atom is 0.203 e. The van der Waals surface area contributed by atoms with Crippen LogP contribution in [-0.4, -0.2) is 36.1 Å². The summed E-state index contributed by atoms with van der Waals surface area (Å²) in [7, 11) is 0. The minimum absolute atomic E-state index is 0. The van der Waals surface area contributed by atoms with Crippen LogP contribution in [-0.2, 0) is 0 Å². The molecule has 16 heavy (non-hydrogen) atoms. The van der Waals surface area contributed by atoms with E-state index in [-0.39, 0.29) is 12.4 Å². The zero-order valence-electron chi connectivity index (χ0n) is 8.94. The van der Waals surface area contributed by atoms with Crippen molar-refractivity contribution in [1.82, 2.24) is 15.3 Å². The van der Waals surface area contributed by atoms with E-state index in [9.17, 15) is 0 Å². The van der Waals surface area contributed by atoms with Gasteiger partial charge >= 0.3 is 0 Å². The van der Waals surface area contributed by atoms with Crippen LogP contribution in [0.5, 0.6) is 0 Å². The standard InChI is InChI=1S/C11H14N4.ClH/c1-2-4-10-9(3-1)13-11(14-10)15-7-5-12-6-8-15;/h1-4,12H,5-8H2,(H,13,14);1H. The van der Waals surface area contributed by atoms with Crippen LogP contribution >= 0.6 is 12.4 Å². The molecule has 0 bridgehead atoms. The number of imidazole rings is 1. The van der Waals surface area contributed by atoms with Gasteiger partial charge in [0.1, 0.15) is 0 Å². The number of nitrogens with zero attached hydrogens (tertiary/aromatic N) is 2. The van der Waals surface area contributed by atoms with Crippen LogP contribution in [0.15, 0.2) is 24.3 Å². The van der Waals surface area contributed by atoms with Crippen LogP contribution in [0.4, 0.5) is 5.95 Å². The molecule has 0 atom stereocenters. The van der Waals surface area contributed by atoms with Crippen molar-refractivity contribution in [2.24, 2.45) is 0 Å². The lowest BCUT2D eigenvalue weighted by molar-refractivity contribution is 0.582. The average Bonchev–Trinajstić information content (AvgIpc) is 2.74. The third-order valence-electron chi connectivity index (χ3n) is 2.79. The number of aromatic nitrogens is 2. The zero-order valence-corrected chi connectivity index (χ0v) is 9.76. The zero-order chi connectivity index (χ0) is 10.1. The summed E-state index contributed by atoms with van der Waals surface area (Å²) in [4.78, 5) is 10.2. The number of hydrogen-bond acceptors (Lipinski definition) is 3. The number of fused-ring (bicyclic) bond motifs is 1.